The summed E-state index contributed by atoms with van der Waals surface area (Å²) in [5.41, 5.74) is 2.10. The fraction of sp³-hybridized carbons (Fsp3) is 0.364. The molecule has 0 atom stereocenters. The number of halogens is 1. The lowest BCUT2D eigenvalue weighted by atomic mass is 10.2. The quantitative estimate of drug-likeness (QED) is 0.376. The molecule has 0 heterocycles. The van der Waals surface area contributed by atoms with Gasteiger partial charge in [-0.25, -0.2) is 0 Å². The van der Waals surface area contributed by atoms with Crippen molar-refractivity contribution in [3.8, 4) is 0 Å². The number of hydrogen-bond donors (Lipinski definition) is 0. The second-order valence-corrected chi connectivity index (χ2v) is 4.25. The molecule has 1 aromatic rings. The van der Waals surface area contributed by atoms with Gasteiger partial charge in [0.15, 0.2) is 0 Å². The third kappa shape index (κ3) is 3.79. The fourth-order valence-corrected chi connectivity index (χ4v) is 1.19. The van der Waals surface area contributed by atoms with Crippen LogP contribution in [0.2, 0.25) is 0 Å². The van der Waals surface area contributed by atoms with E-state index < -0.39 is 0 Å². The molecule has 0 aliphatic rings. The number of quaternary nitrogens is 1. The van der Waals surface area contributed by atoms with Crippen LogP contribution < -0.4 is 33.4 Å². The standard InChI is InChI=1S/C11H17N2O.HI/c1-12(9-14)10-6-5-7-11(8-10)13(2,3)4;/h5-9H,1-4H3;1H/q+1;/p-1. The normalized spacial score (nSPS) is 10.4. The number of benzene rings is 1. The Hall–Kier alpha value is -0.620. The Kier molecular flexibility index (Phi) is 5.23. The molecule has 0 fully saturated rings. The van der Waals surface area contributed by atoms with Crippen molar-refractivity contribution in [2.75, 3.05) is 33.1 Å². The predicted molar refractivity (Wildman–Crippen MR) is 60.5 cm³/mol. The van der Waals surface area contributed by atoms with E-state index in [2.05, 4.69) is 27.2 Å². The van der Waals surface area contributed by atoms with Crippen LogP contribution in [0.15, 0.2) is 24.3 Å². The second-order valence-electron chi connectivity index (χ2n) is 4.25. The summed E-state index contributed by atoms with van der Waals surface area (Å²) < 4.78 is 0.751. The number of hydrogen-bond acceptors (Lipinski definition) is 1. The van der Waals surface area contributed by atoms with Crippen LogP contribution in [0.1, 0.15) is 0 Å². The lowest BCUT2D eigenvalue weighted by molar-refractivity contribution is -0.107. The molecule has 0 spiro atoms. The van der Waals surface area contributed by atoms with E-state index in [1.54, 1.807) is 11.9 Å². The largest absolute Gasteiger partial charge is 1.00 e. The topological polar surface area (TPSA) is 20.3 Å². The Bertz CT molecular complexity index is 334. The molecule has 0 aliphatic carbocycles. The van der Waals surface area contributed by atoms with Crippen LogP contribution in [0.3, 0.4) is 0 Å². The lowest BCUT2D eigenvalue weighted by Gasteiger charge is -2.24. The Morgan fingerprint density at radius 3 is 2.33 bits per heavy atom. The van der Waals surface area contributed by atoms with Crippen LogP contribution in [0.4, 0.5) is 11.4 Å². The molecular weight excluding hydrogens is 303 g/mol. The van der Waals surface area contributed by atoms with Crippen molar-refractivity contribution >= 4 is 17.8 Å². The van der Waals surface area contributed by atoms with Crippen molar-refractivity contribution in [2.24, 2.45) is 0 Å². The SMILES string of the molecule is CN(C=O)c1cccc([N+](C)(C)C)c1.[I-]. The van der Waals surface area contributed by atoms with Crippen molar-refractivity contribution < 1.29 is 28.8 Å². The van der Waals surface area contributed by atoms with E-state index in [0.717, 1.165) is 16.6 Å². The summed E-state index contributed by atoms with van der Waals surface area (Å²) in [6.07, 6.45) is 0.814. The zero-order valence-corrected chi connectivity index (χ0v) is 11.7. The van der Waals surface area contributed by atoms with Gasteiger partial charge in [0.25, 0.3) is 0 Å². The van der Waals surface area contributed by atoms with Gasteiger partial charge in [0.05, 0.1) is 21.1 Å². The third-order valence-electron chi connectivity index (χ3n) is 2.17. The third-order valence-corrected chi connectivity index (χ3v) is 2.17. The van der Waals surface area contributed by atoms with Crippen LogP contribution in [0.5, 0.6) is 0 Å². The van der Waals surface area contributed by atoms with Crippen LogP contribution in [0.25, 0.3) is 0 Å². The van der Waals surface area contributed by atoms with Gasteiger partial charge >= 0.3 is 0 Å². The number of anilines is 1. The summed E-state index contributed by atoms with van der Waals surface area (Å²) in [5.74, 6) is 0. The molecule has 1 rings (SSSR count). The van der Waals surface area contributed by atoms with Crippen molar-refractivity contribution in [3.05, 3.63) is 24.3 Å². The highest BCUT2D eigenvalue weighted by Crippen LogP contribution is 2.22. The molecule has 4 heteroatoms. The molecule has 0 unspecified atom stereocenters. The van der Waals surface area contributed by atoms with Crippen LogP contribution in [-0.4, -0.2) is 34.6 Å². The van der Waals surface area contributed by atoms with E-state index in [0.29, 0.717) is 0 Å². The van der Waals surface area contributed by atoms with Crippen molar-refractivity contribution in [1.82, 2.24) is 4.48 Å². The van der Waals surface area contributed by atoms with Gasteiger partial charge in [0.1, 0.15) is 5.69 Å². The maximum absolute atomic E-state index is 10.6. The van der Waals surface area contributed by atoms with Gasteiger partial charge in [-0.2, -0.15) is 0 Å². The molecule has 0 aliphatic heterocycles. The molecule has 1 aromatic carbocycles. The minimum absolute atomic E-state index is 0. The van der Waals surface area contributed by atoms with E-state index in [1.165, 1.54) is 5.69 Å². The van der Waals surface area contributed by atoms with Crippen LogP contribution in [0, 0.1) is 0 Å². The molecule has 15 heavy (non-hydrogen) atoms. The minimum Gasteiger partial charge on any atom is -1.00 e. The lowest BCUT2D eigenvalue weighted by Crippen LogP contribution is -3.00. The Morgan fingerprint density at radius 1 is 1.27 bits per heavy atom. The molecule has 0 saturated heterocycles. The van der Waals surface area contributed by atoms with Crippen molar-refractivity contribution in [1.29, 1.82) is 0 Å². The van der Waals surface area contributed by atoms with Gasteiger partial charge in [0.2, 0.25) is 6.41 Å². The fourth-order valence-electron chi connectivity index (χ4n) is 1.19. The first-order chi connectivity index (χ1) is 6.45. The minimum atomic E-state index is 0. The molecule has 3 nitrogen and oxygen atoms in total. The predicted octanol–water partition coefficient (Wildman–Crippen LogP) is -1.52. The van der Waals surface area contributed by atoms with E-state index in [-0.39, 0.29) is 24.0 Å². The second kappa shape index (κ2) is 5.46. The zero-order chi connectivity index (χ0) is 10.8. The number of rotatable bonds is 3. The molecule has 0 saturated carbocycles. The summed E-state index contributed by atoms with van der Waals surface area (Å²) in [5, 5.41) is 0. The highest BCUT2D eigenvalue weighted by molar-refractivity contribution is 5.75. The van der Waals surface area contributed by atoms with E-state index in [9.17, 15) is 4.79 Å². The highest BCUT2D eigenvalue weighted by Gasteiger charge is 2.12. The number of carbonyl (C=O) groups is 1. The van der Waals surface area contributed by atoms with Crippen LogP contribution in [-0.2, 0) is 4.79 Å². The van der Waals surface area contributed by atoms with Gasteiger partial charge in [-0.05, 0) is 12.1 Å². The first-order valence-electron chi connectivity index (χ1n) is 4.55. The van der Waals surface area contributed by atoms with Crippen LogP contribution >= 0.6 is 0 Å². The molecule has 0 N–H and O–H groups in total. The summed E-state index contributed by atoms with van der Waals surface area (Å²) >= 11 is 0. The molecule has 84 valence electrons. The van der Waals surface area contributed by atoms with Crippen molar-refractivity contribution in [2.45, 2.75) is 0 Å². The number of amides is 1. The smallest absolute Gasteiger partial charge is 0.213 e. The highest BCUT2D eigenvalue weighted by atomic mass is 127. The summed E-state index contributed by atoms with van der Waals surface area (Å²) in [6, 6.07) is 7.97. The molecule has 0 aromatic heterocycles. The Morgan fingerprint density at radius 2 is 1.87 bits per heavy atom. The number of nitrogens with zero attached hydrogens (tertiary/aromatic N) is 2. The van der Waals surface area contributed by atoms with Gasteiger partial charge in [-0.3, -0.25) is 9.28 Å². The monoisotopic (exact) mass is 320 g/mol. The summed E-state index contributed by atoms with van der Waals surface area (Å²) in [7, 11) is 8.04. The summed E-state index contributed by atoms with van der Waals surface area (Å²) in [6.45, 7) is 0. The van der Waals surface area contributed by atoms with Crippen molar-refractivity contribution in [3.63, 3.8) is 0 Å². The van der Waals surface area contributed by atoms with Gasteiger partial charge < -0.3 is 28.9 Å². The maximum Gasteiger partial charge on any atom is 0.213 e. The Balaban J connectivity index is 0.00000196. The average Bonchev–Trinajstić information content (AvgIpc) is 2.15. The van der Waals surface area contributed by atoms with E-state index >= 15 is 0 Å². The van der Waals surface area contributed by atoms with E-state index in [1.807, 2.05) is 18.2 Å². The number of carbonyl (C=O) groups excluding carboxylic acids is 1. The first-order valence-corrected chi connectivity index (χ1v) is 4.55. The van der Waals surface area contributed by atoms with Gasteiger partial charge in [0, 0.05) is 18.8 Å². The van der Waals surface area contributed by atoms with E-state index in [4.69, 9.17) is 0 Å². The molecule has 0 bridgehead atoms. The molecular formula is C11H17IN2O. The van der Waals surface area contributed by atoms with Gasteiger partial charge in [-0.15, -0.1) is 0 Å². The maximum atomic E-state index is 10.6. The zero-order valence-electron chi connectivity index (χ0n) is 9.57. The molecule has 0 radical (unpaired) electrons. The first kappa shape index (κ1) is 14.4. The molecule has 1 amide bonds. The Labute approximate surface area is 108 Å². The van der Waals surface area contributed by atoms with Gasteiger partial charge in [-0.1, -0.05) is 6.07 Å². The average molecular weight is 320 g/mol. The summed E-state index contributed by atoms with van der Waals surface area (Å²) in [4.78, 5) is 12.2.